The highest BCUT2D eigenvalue weighted by Gasteiger charge is 2.15. The maximum absolute atomic E-state index is 2.32. The molecule has 0 aliphatic rings. The summed E-state index contributed by atoms with van der Waals surface area (Å²) >= 11 is 0. The molecule has 0 N–H and O–H groups in total. The van der Waals surface area contributed by atoms with Crippen LogP contribution in [0.5, 0.6) is 0 Å². The van der Waals surface area contributed by atoms with Gasteiger partial charge in [0.05, 0.1) is 5.69 Å². The summed E-state index contributed by atoms with van der Waals surface area (Å²) in [5, 5.41) is 7.49. The van der Waals surface area contributed by atoms with Gasteiger partial charge in [-0.25, -0.2) is 0 Å². The molecular weight excluding hydrogens is 544 g/mol. The molecule has 0 aliphatic carbocycles. The summed E-state index contributed by atoms with van der Waals surface area (Å²) in [6.45, 7) is 0. The van der Waals surface area contributed by atoms with Gasteiger partial charge in [0.25, 0.3) is 0 Å². The average molecular weight is 577 g/mol. The fraction of sp³-hybridized carbons (Fsp3) is 0.0233. The Bertz CT molecular complexity index is 2220. The molecule has 0 radical (unpaired) electrons. The quantitative estimate of drug-likeness (QED) is 0.182. The lowest BCUT2D eigenvalue weighted by Crippen LogP contribution is -2.10. The van der Waals surface area contributed by atoms with Gasteiger partial charge >= 0.3 is 0 Å². The van der Waals surface area contributed by atoms with Gasteiger partial charge in [-0.3, -0.25) is 0 Å². The third-order valence-electron chi connectivity index (χ3n) is 8.80. The number of rotatable bonds is 6. The minimum atomic E-state index is 1.12. The molecule has 45 heavy (non-hydrogen) atoms. The molecule has 0 atom stereocenters. The van der Waals surface area contributed by atoms with Crippen LogP contribution in [0.1, 0.15) is 0 Å². The Morgan fingerprint density at radius 3 is 1.42 bits per heavy atom. The SMILES string of the molecule is CN(c1ccc(-c2ccc(N(c3ccccc3)c3ccc4ccccc4c3)cc2)cc1)c1c2ccccc2cc2ccccc12. The highest BCUT2D eigenvalue weighted by Crippen LogP contribution is 2.40. The number of benzene rings is 8. The van der Waals surface area contributed by atoms with Crippen molar-refractivity contribution in [1.29, 1.82) is 0 Å². The molecule has 0 saturated carbocycles. The van der Waals surface area contributed by atoms with Gasteiger partial charge in [0.2, 0.25) is 0 Å². The summed E-state index contributed by atoms with van der Waals surface area (Å²) < 4.78 is 0. The van der Waals surface area contributed by atoms with Crippen molar-refractivity contribution in [2.24, 2.45) is 0 Å². The lowest BCUT2D eigenvalue weighted by molar-refractivity contribution is 1.23. The van der Waals surface area contributed by atoms with E-state index >= 15 is 0 Å². The monoisotopic (exact) mass is 576 g/mol. The Labute approximate surface area is 264 Å². The van der Waals surface area contributed by atoms with Crippen molar-refractivity contribution in [3.63, 3.8) is 0 Å². The summed E-state index contributed by atoms with van der Waals surface area (Å²) in [4.78, 5) is 4.64. The van der Waals surface area contributed by atoms with E-state index in [1.165, 1.54) is 49.1 Å². The van der Waals surface area contributed by atoms with Crippen LogP contribution in [0.25, 0.3) is 43.4 Å². The number of anilines is 5. The van der Waals surface area contributed by atoms with E-state index in [4.69, 9.17) is 0 Å². The molecule has 8 aromatic rings. The van der Waals surface area contributed by atoms with Crippen LogP contribution in [0.4, 0.5) is 28.4 Å². The molecule has 214 valence electrons. The molecule has 0 heterocycles. The van der Waals surface area contributed by atoms with Crippen LogP contribution >= 0.6 is 0 Å². The molecule has 0 unspecified atom stereocenters. The van der Waals surface area contributed by atoms with Crippen LogP contribution in [-0.2, 0) is 0 Å². The van der Waals surface area contributed by atoms with E-state index < -0.39 is 0 Å². The van der Waals surface area contributed by atoms with Crippen LogP contribution in [0.2, 0.25) is 0 Å². The normalized spacial score (nSPS) is 11.2. The summed E-state index contributed by atoms with van der Waals surface area (Å²) in [5.74, 6) is 0. The lowest BCUT2D eigenvalue weighted by Gasteiger charge is -2.26. The van der Waals surface area contributed by atoms with Crippen LogP contribution in [0.15, 0.2) is 176 Å². The van der Waals surface area contributed by atoms with Crippen molar-refractivity contribution in [3.05, 3.63) is 176 Å². The number of para-hydroxylation sites is 1. The predicted molar refractivity (Wildman–Crippen MR) is 194 cm³/mol. The largest absolute Gasteiger partial charge is 0.344 e. The number of nitrogens with zero attached hydrogens (tertiary/aromatic N) is 2. The van der Waals surface area contributed by atoms with Gasteiger partial charge in [0.1, 0.15) is 0 Å². The fourth-order valence-electron chi connectivity index (χ4n) is 6.50. The van der Waals surface area contributed by atoms with E-state index in [0.29, 0.717) is 0 Å². The van der Waals surface area contributed by atoms with Gasteiger partial charge in [-0.15, -0.1) is 0 Å². The second-order valence-corrected chi connectivity index (χ2v) is 11.5. The maximum atomic E-state index is 2.32. The van der Waals surface area contributed by atoms with Crippen LogP contribution in [0, 0.1) is 0 Å². The van der Waals surface area contributed by atoms with Crippen LogP contribution in [0.3, 0.4) is 0 Å². The summed E-state index contributed by atoms with van der Waals surface area (Å²) in [6.07, 6.45) is 0. The highest BCUT2D eigenvalue weighted by atomic mass is 15.1. The van der Waals surface area contributed by atoms with E-state index in [1.807, 2.05) is 0 Å². The Hall–Kier alpha value is -5.86. The van der Waals surface area contributed by atoms with Crippen molar-refractivity contribution in [1.82, 2.24) is 0 Å². The summed E-state index contributed by atoms with van der Waals surface area (Å²) in [7, 11) is 2.17. The minimum Gasteiger partial charge on any atom is -0.344 e. The van der Waals surface area contributed by atoms with Crippen LogP contribution < -0.4 is 9.80 Å². The van der Waals surface area contributed by atoms with Crippen molar-refractivity contribution < 1.29 is 0 Å². The summed E-state index contributed by atoms with van der Waals surface area (Å²) in [6, 6.07) is 63.2. The first-order valence-corrected chi connectivity index (χ1v) is 15.4. The van der Waals surface area contributed by atoms with E-state index in [-0.39, 0.29) is 0 Å². The zero-order valence-corrected chi connectivity index (χ0v) is 25.1. The zero-order valence-electron chi connectivity index (χ0n) is 25.1. The van der Waals surface area contributed by atoms with Gasteiger partial charge in [-0.05, 0) is 87.3 Å². The Balaban J connectivity index is 1.12. The van der Waals surface area contributed by atoms with E-state index in [1.54, 1.807) is 0 Å². The second kappa shape index (κ2) is 11.3. The fourth-order valence-corrected chi connectivity index (χ4v) is 6.50. The molecule has 0 saturated heterocycles. The number of hydrogen-bond acceptors (Lipinski definition) is 2. The third kappa shape index (κ3) is 4.97. The Morgan fingerprint density at radius 2 is 0.800 bits per heavy atom. The molecule has 0 aromatic heterocycles. The topological polar surface area (TPSA) is 6.48 Å². The van der Waals surface area contributed by atoms with E-state index in [0.717, 1.165) is 22.7 Å². The van der Waals surface area contributed by atoms with E-state index in [9.17, 15) is 0 Å². The molecular formula is C43H32N2. The van der Waals surface area contributed by atoms with Gasteiger partial charge in [-0.2, -0.15) is 0 Å². The minimum absolute atomic E-state index is 1.12. The molecule has 0 amide bonds. The Kier molecular flexibility index (Phi) is 6.73. The average Bonchev–Trinajstić information content (AvgIpc) is 3.11. The zero-order chi connectivity index (χ0) is 30.2. The molecule has 0 aliphatic heterocycles. The van der Waals surface area contributed by atoms with Gasteiger partial charge in [0.15, 0.2) is 0 Å². The van der Waals surface area contributed by atoms with Gasteiger partial charge in [0, 0.05) is 40.6 Å². The van der Waals surface area contributed by atoms with Crippen molar-refractivity contribution in [2.75, 3.05) is 16.8 Å². The van der Waals surface area contributed by atoms with E-state index in [2.05, 4.69) is 193 Å². The predicted octanol–water partition coefficient (Wildman–Crippen LogP) is 12.1. The second-order valence-electron chi connectivity index (χ2n) is 11.5. The number of hydrogen-bond donors (Lipinski definition) is 0. The summed E-state index contributed by atoms with van der Waals surface area (Å²) in [5.41, 5.74) is 8.17. The molecule has 8 aromatic carbocycles. The molecule has 2 heteroatoms. The van der Waals surface area contributed by atoms with Crippen molar-refractivity contribution >= 4 is 60.8 Å². The number of fused-ring (bicyclic) bond motifs is 3. The van der Waals surface area contributed by atoms with Crippen LogP contribution in [-0.4, -0.2) is 7.05 Å². The maximum Gasteiger partial charge on any atom is 0.0567 e. The molecule has 0 fully saturated rings. The molecule has 8 rings (SSSR count). The first-order chi connectivity index (χ1) is 22.2. The van der Waals surface area contributed by atoms with Crippen molar-refractivity contribution in [3.8, 4) is 11.1 Å². The molecule has 0 spiro atoms. The van der Waals surface area contributed by atoms with Gasteiger partial charge < -0.3 is 9.80 Å². The Morgan fingerprint density at radius 1 is 0.333 bits per heavy atom. The lowest BCUT2D eigenvalue weighted by atomic mass is 9.99. The van der Waals surface area contributed by atoms with Gasteiger partial charge in [-0.1, -0.05) is 121 Å². The first-order valence-electron chi connectivity index (χ1n) is 15.4. The standard InChI is InChI=1S/C43H32N2/c1-44(43-41-17-9-7-13-35(41)29-36-14-8-10-18-42(36)43)37-24-19-32(20-25-37)33-21-26-39(27-22-33)45(38-15-3-2-4-16-38)40-28-23-31-11-5-6-12-34(31)30-40/h2-30H,1H3. The smallest absolute Gasteiger partial charge is 0.0567 e. The van der Waals surface area contributed by atoms with Crippen molar-refractivity contribution in [2.45, 2.75) is 0 Å². The third-order valence-corrected chi connectivity index (χ3v) is 8.80. The first kappa shape index (κ1) is 26.7. The highest BCUT2D eigenvalue weighted by molar-refractivity contribution is 6.12. The molecule has 0 bridgehead atoms. The molecule has 2 nitrogen and oxygen atoms in total.